The number of amides is 1. The van der Waals surface area contributed by atoms with E-state index in [1.807, 2.05) is 6.92 Å². The Morgan fingerprint density at radius 1 is 1.28 bits per heavy atom. The highest BCUT2D eigenvalue weighted by molar-refractivity contribution is 5.67. The highest BCUT2D eigenvalue weighted by atomic mass is 16.6. The number of methoxy groups -OCH3 is 1. The van der Waals surface area contributed by atoms with E-state index in [1.165, 1.54) is 0 Å². The lowest BCUT2D eigenvalue weighted by molar-refractivity contribution is 0.0113. The first-order valence-corrected chi connectivity index (χ1v) is 6.93. The monoisotopic (exact) mass is 256 g/mol. The standard InChI is InChI=1S/C13H24N2O3/c1-3-18-13(16)15-6-4-10(5-7-15)14-11-8-12(9-11)17-2/h10-12,14H,3-9H2,1-2H3. The Kier molecular flexibility index (Phi) is 4.83. The molecule has 1 aliphatic carbocycles. The maximum atomic E-state index is 11.5. The molecule has 2 fully saturated rings. The summed E-state index contributed by atoms with van der Waals surface area (Å²) in [6.45, 7) is 3.90. The zero-order chi connectivity index (χ0) is 13.0. The molecule has 1 saturated heterocycles. The van der Waals surface area contributed by atoms with Gasteiger partial charge in [0.15, 0.2) is 0 Å². The Balaban J connectivity index is 1.63. The van der Waals surface area contributed by atoms with E-state index in [0.29, 0.717) is 24.8 Å². The molecule has 0 aromatic rings. The molecule has 18 heavy (non-hydrogen) atoms. The van der Waals surface area contributed by atoms with E-state index in [2.05, 4.69) is 5.32 Å². The van der Waals surface area contributed by atoms with Gasteiger partial charge in [-0.3, -0.25) is 0 Å². The minimum Gasteiger partial charge on any atom is -0.450 e. The Labute approximate surface area is 109 Å². The SMILES string of the molecule is CCOC(=O)N1CCC(NC2CC(OC)C2)CC1. The molecule has 1 N–H and O–H groups in total. The largest absolute Gasteiger partial charge is 0.450 e. The summed E-state index contributed by atoms with van der Waals surface area (Å²) in [5, 5.41) is 3.65. The molecule has 0 atom stereocenters. The molecular weight excluding hydrogens is 232 g/mol. The molecule has 1 aliphatic heterocycles. The molecule has 0 aromatic carbocycles. The Morgan fingerprint density at radius 2 is 1.94 bits per heavy atom. The van der Waals surface area contributed by atoms with Crippen LogP contribution in [0.25, 0.3) is 0 Å². The lowest BCUT2D eigenvalue weighted by Gasteiger charge is -2.40. The molecule has 5 heteroatoms. The van der Waals surface area contributed by atoms with Crippen molar-refractivity contribution >= 4 is 6.09 Å². The molecule has 2 aliphatic rings. The molecule has 1 heterocycles. The van der Waals surface area contributed by atoms with Crippen LogP contribution in [0.4, 0.5) is 4.79 Å². The van der Waals surface area contributed by atoms with Crippen LogP contribution in [-0.4, -0.2) is 56.0 Å². The number of hydrogen-bond acceptors (Lipinski definition) is 4. The zero-order valence-corrected chi connectivity index (χ0v) is 11.4. The number of nitrogens with zero attached hydrogens (tertiary/aromatic N) is 1. The number of ether oxygens (including phenoxy) is 2. The molecule has 5 nitrogen and oxygen atoms in total. The first-order chi connectivity index (χ1) is 8.72. The first kappa shape index (κ1) is 13.6. The average molecular weight is 256 g/mol. The minimum absolute atomic E-state index is 0.168. The summed E-state index contributed by atoms with van der Waals surface area (Å²) in [6, 6.07) is 1.15. The van der Waals surface area contributed by atoms with Crippen LogP contribution in [0.5, 0.6) is 0 Å². The van der Waals surface area contributed by atoms with E-state index in [-0.39, 0.29) is 6.09 Å². The molecule has 104 valence electrons. The van der Waals surface area contributed by atoms with E-state index < -0.39 is 0 Å². The predicted octanol–water partition coefficient (Wildman–Crippen LogP) is 1.37. The highest BCUT2D eigenvalue weighted by Gasteiger charge is 2.32. The van der Waals surface area contributed by atoms with Gasteiger partial charge in [0.1, 0.15) is 0 Å². The maximum Gasteiger partial charge on any atom is 0.409 e. The second-order valence-electron chi connectivity index (χ2n) is 5.15. The van der Waals surface area contributed by atoms with Gasteiger partial charge in [-0.05, 0) is 32.6 Å². The Hall–Kier alpha value is -0.810. The zero-order valence-electron chi connectivity index (χ0n) is 11.4. The van der Waals surface area contributed by atoms with Gasteiger partial charge in [-0.1, -0.05) is 0 Å². The number of nitrogens with one attached hydrogen (secondary N) is 1. The normalized spacial score (nSPS) is 28.9. The molecule has 0 bridgehead atoms. The van der Waals surface area contributed by atoms with E-state index in [1.54, 1.807) is 12.0 Å². The summed E-state index contributed by atoms with van der Waals surface area (Å²) in [7, 11) is 1.78. The smallest absolute Gasteiger partial charge is 0.409 e. The second kappa shape index (κ2) is 6.38. The summed E-state index contributed by atoms with van der Waals surface area (Å²) in [5.41, 5.74) is 0. The van der Waals surface area contributed by atoms with Crippen molar-refractivity contribution in [1.82, 2.24) is 10.2 Å². The van der Waals surface area contributed by atoms with Gasteiger partial charge in [-0.15, -0.1) is 0 Å². The fourth-order valence-electron chi connectivity index (χ4n) is 2.67. The molecule has 0 aromatic heterocycles. The quantitative estimate of drug-likeness (QED) is 0.825. The maximum absolute atomic E-state index is 11.5. The minimum atomic E-state index is -0.168. The first-order valence-electron chi connectivity index (χ1n) is 6.93. The van der Waals surface area contributed by atoms with E-state index in [9.17, 15) is 4.79 Å². The predicted molar refractivity (Wildman–Crippen MR) is 68.6 cm³/mol. The van der Waals surface area contributed by atoms with Crippen LogP contribution in [0.3, 0.4) is 0 Å². The Bertz CT molecular complexity index is 271. The van der Waals surface area contributed by atoms with Crippen molar-refractivity contribution in [3.8, 4) is 0 Å². The molecular formula is C13H24N2O3. The van der Waals surface area contributed by atoms with Crippen LogP contribution in [0.2, 0.25) is 0 Å². The van der Waals surface area contributed by atoms with Crippen LogP contribution in [0.1, 0.15) is 32.6 Å². The van der Waals surface area contributed by atoms with Crippen LogP contribution in [0.15, 0.2) is 0 Å². The van der Waals surface area contributed by atoms with Gasteiger partial charge in [0.05, 0.1) is 12.7 Å². The lowest BCUT2D eigenvalue weighted by atomic mass is 9.88. The number of carbonyl (C=O) groups is 1. The molecule has 0 radical (unpaired) electrons. The number of carbonyl (C=O) groups excluding carboxylic acids is 1. The highest BCUT2D eigenvalue weighted by Crippen LogP contribution is 2.24. The molecule has 0 unspecified atom stereocenters. The van der Waals surface area contributed by atoms with Crippen LogP contribution in [0, 0.1) is 0 Å². The third-order valence-corrected chi connectivity index (χ3v) is 3.92. The second-order valence-corrected chi connectivity index (χ2v) is 5.15. The Morgan fingerprint density at radius 3 is 2.50 bits per heavy atom. The third kappa shape index (κ3) is 3.36. The number of rotatable bonds is 4. The van der Waals surface area contributed by atoms with Crippen molar-refractivity contribution in [2.45, 2.75) is 50.8 Å². The average Bonchev–Trinajstić information content (AvgIpc) is 2.34. The van der Waals surface area contributed by atoms with E-state index in [4.69, 9.17) is 9.47 Å². The summed E-state index contributed by atoms with van der Waals surface area (Å²) in [4.78, 5) is 13.3. The van der Waals surface area contributed by atoms with Gasteiger partial charge in [0.25, 0.3) is 0 Å². The number of hydrogen-bond donors (Lipinski definition) is 1. The van der Waals surface area contributed by atoms with Gasteiger partial charge >= 0.3 is 6.09 Å². The van der Waals surface area contributed by atoms with Gasteiger partial charge in [-0.25, -0.2) is 4.79 Å². The third-order valence-electron chi connectivity index (χ3n) is 3.92. The van der Waals surface area contributed by atoms with Crippen molar-refractivity contribution in [2.75, 3.05) is 26.8 Å². The summed E-state index contributed by atoms with van der Waals surface area (Å²) < 4.78 is 10.3. The van der Waals surface area contributed by atoms with Crippen molar-refractivity contribution in [1.29, 1.82) is 0 Å². The fourth-order valence-corrected chi connectivity index (χ4v) is 2.67. The van der Waals surface area contributed by atoms with Crippen LogP contribution in [-0.2, 0) is 9.47 Å². The number of piperidine rings is 1. The van der Waals surface area contributed by atoms with Crippen molar-refractivity contribution in [3.05, 3.63) is 0 Å². The molecule has 1 saturated carbocycles. The van der Waals surface area contributed by atoms with Crippen LogP contribution < -0.4 is 5.32 Å². The van der Waals surface area contributed by atoms with Crippen molar-refractivity contribution in [3.63, 3.8) is 0 Å². The molecule has 1 amide bonds. The van der Waals surface area contributed by atoms with Gasteiger partial charge in [0, 0.05) is 32.3 Å². The van der Waals surface area contributed by atoms with Gasteiger partial charge < -0.3 is 19.7 Å². The fraction of sp³-hybridized carbons (Fsp3) is 0.923. The van der Waals surface area contributed by atoms with E-state index in [0.717, 1.165) is 38.8 Å². The van der Waals surface area contributed by atoms with Gasteiger partial charge in [-0.2, -0.15) is 0 Å². The van der Waals surface area contributed by atoms with E-state index >= 15 is 0 Å². The van der Waals surface area contributed by atoms with Crippen molar-refractivity contribution < 1.29 is 14.3 Å². The number of likely N-dealkylation sites (tertiary alicyclic amines) is 1. The topological polar surface area (TPSA) is 50.8 Å². The van der Waals surface area contributed by atoms with Crippen molar-refractivity contribution in [2.24, 2.45) is 0 Å². The van der Waals surface area contributed by atoms with Gasteiger partial charge in [0.2, 0.25) is 0 Å². The lowest BCUT2D eigenvalue weighted by Crippen LogP contribution is -2.52. The molecule has 0 spiro atoms. The van der Waals surface area contributed by atoms with Crippen LogP contribution >= 0.6 is 0 Å². The molecule has 2 rings (SSSR count). The summed E-state index contributed by atoms with van der Waals surface area (Å²) >= 11 is 0. The summed E-state index contributed by atoms with van der Waals surface area (Å²) in [6.07, 6.45) is 4.56. The summed E-state index contributed by atoms with van der Waals surface area (Å²) in [5.74, 6) is 0.